The van der Waals surface area contributed by atoms with E-state index in [1.54, 1.807) is 18.4 Å². The summed E-state index contributed by atoms with van der Waals surface area (Å²) in [6.45, 7) is 3.80. The number of allylic oxidation sites excluding steroid dienone is 1. The number of ether oxygens (including phenoxy) is 1. The van der Waals surface area contributed by atoms with E-state index in [2.05, 4.69) is 41.4 Å². The summed E-state index contributed by atoms with van der Waals surface area (Å²) in [4.78, 5) is 34.7. The van der Waals surface area contributed by atoms with E-state index in [0.717, 1.165) is 40.2 Å². The molecule has 9 heteroatoms. The van der Waals surface area contributed by atoms with E-state index in [1.165, 1.54) is 16.9 Å². The maximum Gasteiger partial charge on any atom is 0.338 e. The fraction of sp³-hybridized carbons (Fsp3) is 0.200. The Morgan fingerprint density at radius 3 is 2.24 bits per heavy atom. The second-order valence-electron chi connectivity index (χ2n) is 12.3. The molecule has 0 bridgehead atoms. The highest BCUT2D eigenvalue weighted by Crippen LogP contribution is 2.37. The van der Waals surface area contributed by atoms with Gasteiger partial charge < -0.3 is 9.64 Å². The number of carbonyl (C=O) groups is 1. The Morgan fingerprint density at radius 2 is 1.59 bits per heavy atom. The molecule has 0 N–H and O–H groups in total. The third-order valence-electron chi connectivity index (χ3n) is 8.90. The minimum Gasteiger partial charge on any atom is -0.463 e. The molecule has 0 aliphatic carbocycles. The molecule has 4 aromatic carbocycles. The van der Waals surface area contributed by atoms with Crippen LogP contribution in [0, 0.1) is 0 Å². The summed E-state index contributed by atoms with van der Waals surface area (Å²) in [5.74, 6) is -0.468. The first-order chi connectivity index (χ1) is 23.8. The molecular weight excluding hydrogens is 631 g/mol. The number of esters is 1. The molecule has 0 radical (unpaired) electrons. The lowest BCUT2D eigenvalue weighted by molar-refractivity contribution is -0.139. The van der Waals surface area contributed by atoms with E-state index in [1.807, 2.05) is 97.9 Å². The number of anilines is 2. The summed E-state index contributed by atoms with van der Waals surface area (Å²) in [6.07, 6.45) is 2.68. The number of carbonyl (C=O) groups excluding carboxylic acids is 1. The highest BCUT2D eigenvalue weighted by molar-refractivity contribution is 7.07. The smallest absolute Gasteiger partial charge is 0.338 e. The van der Waals surface area contributed by atoms with Gasteiger partial charge in [0, 0.05) is 26.2 Å². The zero-order valence-corrected chi connectivity index (χ0v) is 28.7. The fourth-order valence-corrected chi connectivity index (χ4v) is 7.47. The van der Waals surface area contributed by atoms with Crippen LogP contribution in [-0.4, -0.2) is 37.0 Å². The Balaban J connectivity index is 1.26. The molecule has 0 amide bonds. The van der Waals surface area contributed by atoms with Crippen LogP contribution in [0.4, 0.5) is 11.4 Å². The van der Waals surface area contributed by atoms with Gasteiger partial charge in [0.25, 0.3) is 5.56 Å². The number of benzene rings is 4. The van der Waals surface area contributed by atoms with Gasteiger partial charge >= 0.3 is 5.97 Å². The van der Waals surface area contributed by atoms with Crippen LogP contribution in [-0.2, 0) is 9.53 Å². The van der Waals surface area contributed by atoms with E-state index >= 15 is 0 Å². The van der Waals surface area contributed by atoms with Crippen LogP contribution in [0.5, 0.6) is 0 Å². The van der Waals surface area contributed by atoms with Crippen molar-refractivity contribution in [2.75, 3.05) is 30.6 Å². The molecule has 3 heterocycles. The van der Waals surface area contributed by atoms with Crippen molar-refractivity contribution in [3.63, 3.8) is 0 Å². The lowest BCUT2D eigenvalue weighted by Gasteiger charge is -2.25. The van der Waals surface area contributed by atoms with Crippen molar-refractivity contribution < 1.29 is 9.53 Å². The minimum absolute atomic E-state index is 0.0644. The van der Waals surface area contributed by atoms with Crippen LogP contribution in [0.2, 0.25) is 0 Å². The Kier molecular flexibility index (Phi) is 8.84. The van der Waals surface area contributed by atoms with Gasteiger partial charge in [-0.3, -0.25) is 14.4 Å². The highest BCUT2D eigenvalue weighted by Gasteiger charge is 2.33. The molecule has 7 rings (SSSR count). The normalized spacial score (nSPS) is 17.4. The second kappa shape index (κ2) is 13.5. The summed E-state index contributed by atoms with van der Waals surface area (Å²) >= 11 is 1.32. The van der Waals surface area contributed by atoms with E-state index in [-0.39, 0.29) is 18.2 Å². The van der Waals surface area contributed by atoms with Crippen molar-refractivity contribution in [3.05, 3.63) is 162 Å². The minimum atomic E-state index is -0.655. The standard InChI is InChI=1S/C40H37N5O3S/c1-5-48-39(47)36-26(2)41-40-44(37(36)30-18-22-31(23-19-30)43(3)4)38(46)35(49-40)24-27-16-20-32(21-17-27)45-34(29-14-10-7-11-15-29)25-33(42-45)28-12-8-6-9-13-28/h6-24,34,37H,5,25H2,1-4H3/b35-24-. The third-order valence-corrected chi connectivity index (χ3v) is 9.88. The van der Waals surface area contributed by atoms with Gasteiger partial charge in [-0.05, 0) is 66.4 Å². The molecule has 1 aromatic heterocycles. The summed E-state index contributed by atoms with van der Waals surface area (Å²) in [7, 11) is 3.95. The number of thiazole rings is 1. The molecule has 0 fully saturated rings. The number of aromatic nitrogens is 1. The molecule has 246 valence electrons. The zero-order chi connectivity index (χ0) is 34.1. The maximum atomic E-state index is 14.1. The van der Waals surface area contributed by atoms with Gasteiger partial charge in [0.15, 0.2) is 4.80 Å². The molecule has 0 saturated carbocycles. The zero-order valence-electron chi connectivity index (χ0n) is 27.9. The molecule has 2 atom stereocenters. The van der Waals surface area contributed by atoms with Gasteiger partial charge in [-0.2, -0.15) is 5.10 Å². The highest BCUT2D eigenvalue weighted by atomic mass is 32.1. The van der Waals surface area contributed by atoms with Crippen molar-refractivity contribution in [1.29, 1.82) is 0 Å². The van der Waals surface area contributed by atoms with Gasteiger partial charge in [0.05, 0.1) is 45.9 Å². The van der Waals surface area contributed by atoms with E-state index in [0.29, 0.717) is 20.6 Å². The van der Waals surface area contributed by atoms with Crippen molar-refractivity contribution in [3.8, 4) is 0 Å². The fourth-order valence-electron chi connectivity index (χ4n) is 6.42. The first-order valence-corrected chi connectivity index (χ1v) is 17.2. The van der Waals surface area contributed by atoms with Gasteiger partial charge in [-0.15, -0.1) is 0 Å². The molecule has 0 spiro atoms. The van der Waals surface area contributed by atoms with Crippen LogP contribution in [0.25, 0.3) is 6.08 Å². The molecular formula is C40H37N5O3S. The monoisotopic (exact) mass is 667 g/mol. The van der Waals surface area contributed by atoms with Crippen molar-refractivity contribution in [2.24, 2.45) is 10.1 Å². The summed E-state index contributed by atoms with van der Waals surface area (Å²) in [5.41, 5.74) is 7.75. The third kappa shape index (κ3) is 6.25. The van der Waals surface area contributed by atoms with Gasteiger partial charge in [-0.1, -0.05) is 96.3 Å². The average molecular weight is 668 g/mol. The molecule has 0 saturated heterocycles. The summed E-state index contributed by atoms with van der Waals surface area (Å²) < 4.78 is 7.61. The van der Waals surface area contributed by atoms with E-state index in [4.69, 9.17) is 14.8 Å². The van der Waals surface area contributed by atoms with E-state index < -0.39 is 12.0 Å². The van der Waals surface area contributed by atoms with Gasteiger partial charge in [0.2, 0.25) is 0 Å². The van der Waals surface area contributed by atoms with Crippen LogP contribution < -0.4 is 24.8 Å². The predicted molar refractivity (Wildman–Crippen MR) is 197 cm³/mol. The topological polar surface area (TPSA) is 79.5 Å². The Bertz CT molecular complexity index is 2240. The molecule has 8 nitrogen and oxygen atoms in total. The molecule has 5 aromatic rings. The molecule has 2 aliphatic rings. The Labute approximate surface area is 289 Å². The summed E-state index contributed by atoms with van der Waals surface area (Å²) in [6, 6.07) is 36.2. The number of fused-ring (bicyclic) bond motifs is 1. The van der Waals surface area contributed by atoms with Gasteiger partial charge in [0.1, 0.15) is 0 Å². The first-order valence-electron chi connectivity index (χ1n) is 16.4. The van der Waals surface area contributed by atoms with Crippen molar-refractivity contribution in [1.82, 2.24) is 4.57 Å². The van der Waals surface area contributed by atoms with Crippen LogP contribution in [0.15, 0.2) is 135 Å². The Hall–Kier alpha value is -5.54. The number of rotatable bonds is 8. The van der Waals surface area contributed by atoms with E-state index in [9.17, 15) is 9.59 Å². The quantitative estimate of drug-likeness (QED) is 0.184. The predicted octanol–water partition coefficient (Wildman–Crippen LogP) is 6.22. The lowest BCUT2D eigenvalue weighted by Crippen LogP contribution is -2.39. The largest absolute Gasteiger partial charge is 0.463 e. The maximum absolute atomic E-state index is 14.1. The Morgan fingerprint density at radius 1 is 0.918 bits per heavy atom. The number of hydrazone groups is 1. The lowest BCUT2D eigenvalue weighted by atomic mass is 9.95. The SMILES string of the molecule is CCOC(=O)C1=C(C)N=c2s/c(=C\c3ccc(N4N=C(c5ccccc5)CC4c4ccccc4)cc3)c(=O)n2C1c1ccc(N(C)C)cc1. The molecule has 49 heavy (non-hydrogen) atoms. The second-order valence-corrected chi connectivity index (χ2v) is 13.3. The first kappa shape index (κ1) is 32.0. The molecule has 2 unspecified atom stereocenters. The average Bonchev–Trinajstić information content (AvgIpc) is 3.70. The summed E-state index contributed by atoms with van der Waals surface area (Å²) in [5, 5.41) is 7.18. The van der Waals surface area contributed by atoms with Gasteiger partial charge in [-0.25, -0.2) is 9.79 Å². The van der Waals surface area contributed by atoms with Crippen molar-refractivity contribution in [2.45, 2.75) is 32.4 Å². The number of hydrogen-bond donors (Lipinski definition) is 0. The number of nitrogens with zero attached hydrogens (tertiary/aromatic N) is 5. The van der Waals surface area contributed by atoms with Crippen LogP contribution in [0.3, 0.4) is 0 Å². The van der Waals surface area contributed by atoms with Crippen LogP contribution in [0.1, 0.15) is 54.6 Å². The van der Waals surface area contributed by atoms with Crippen LogP contribution >= 0.6 is 11.3 Å². The molecule has 2 aliphatic heterocycles. The van der Waals surface area contributed by atoms with Crippen molar-refractivity contribution >= 4 is 40.5 Å². The number of hydrogen-bond acceptors (Lipinski definition) is 8.